The molecule has 1 aliphatic heterocycles. The van der Waals surface area contributed by atoms with Crippen LogP contribution in [0.1, 0.15) is 34.7 Å². The highest BCUT2D eigenvalue weighted by Crippen LogP contribution is 2.20. The third-order valence-electron chi connectivity index (χ3n) is 4.98. The van der Waals surface area contributed by atoms with E-state index < -0.39 is 0 Å². The molecule has 1 saturated heterocycles. The lowest BCUT2D eigenvalue weighted by Gasteiger charge is -2.15. The van der Waals surface area contributed by atoms with Gasteiger partial charge >= 0.3 is 0 Å². The van der Waals surface area contributed by atoms with E-state index in [-0.39, 0.29) is 18.4 Å². The Morgan fingerprint density at radius 2 is 1.93 bits per heavy atom. The highest BCUT2D eigenvalue weighted by atomic mass is 16.5. The molecular weight excluding hydrogens is 384 g/mol. The third-order valence-corrected chi connectivity index (χ3v) is 4.98. The average Bonchev–Trinajstić information content (AvgIpc) is 3.42. The smallest absolute Gasteiger partial charge is 0.251 e. The Kier molecular flexibility index (Phi) is 5.74. The van der Waals surface area contributed by atoms with Crippen LogP contribution in [0.3, 0.4) is 0 Å². The molecule has 2 aromatic carbocycles. The van der Waals surface area contributed by atoms with E-state index in [4.69, 9.17) is 9.26 Å². The molecule has 1 fully saturated rings. The highest BCUT2D eigenvalue weighted by Gasteiger charge is 2.20. The van der Waals surface area contributed by atoms with Gasteiger partial charge in [-0.2, -0.15) is 4.98 Å². The summed E-state index contributed by atoms with van der Waals surface area (Å²) in [5.74, 6) is 1.46. The fraction of sp³-hybridized carbons (Fsp3) is 0.273. The zero-order valence-corrected chi connectivity index (χ0v) is 16.6. The van der Waals surface area contributed by atoms with E-state index in [2.05, 4.69) is 15.5 Å². The number of methoxy groups -OCH3 is 1. The molecule has 1 aromatic heterocycles. The van der Waals surface area contributed by atoms with Gasteiger partial charge in [-0.25, -0.2) is 0 Å². The summed E-state index contributed by atoms with van der Waals surface area (Å²) in [6, 6.07) is 14.5. The molecule has 1 aliphatic rings. The molecule has 0 unspecified atom stereocenters. The lowest BCUT2D eigenvalue weighted by Crippen LogP contribution is -2.24. The largest absolute Gasteiger partial charge is 0.497 e. The standard InChI is InChI=1S/C22H22N4O4/c1-29-18-10-8-16(9-11-18)21-24-19(30-25-21)13-23-22(28)17-6-4-15(5-7-17)14-26-12-2-3-20(26)27/h4-11H,2-3,12-14H2,1H3,(H,23,28). The molecule has 0 aliphatic carbocycles. The van der Waals surface area contributed by atoms with Crippen LogP contribution in [-0.2, 0) is 17.9 Å². The molecule has 3 aromatic rings. The van der Waals surface area contributed by atoms with E-state index in [0.717, 1.165) is 29.8 Å². The van der Waals surface area contributed by atoms with Crippen LogP contribution in [0.2, 0.25) is 0 Å². The first kappa shape index (κ1) is 19.6. The van der Waals surface area contributed by atoms with Gasteiger partial charge in [0.2, 0.25) is 17.6 Å². The molecule has 1 N–H and O–H groups in total. The van der Waals surface area contributed by atoms with Gasteiger partial charge in [-0.15, -0.1) is 0 Å². The van der Waals surface area contributed by atoms with Crippen LogP contribution in [0.15, 0.2) is 53.1 Å². The normalized spacial score (nSPS) is 13.5. The minimum absolute atomic E-state index is 0.131. The van der Waals surface area contributed by atoms with E-state index in [0.29, 0.717) is 30.2 Å². The van der Waals surface area contributed by atoms with E-state index in [1.165, 1.54) is 0 Å². The fourth-order valence-corrected chi connectivity index (χ4v) is 3.30. The number of ether oxygens (including phenoxy) is 1. The molecule has 0 bridgehead atoms. The minimum Gasteiger partial charge on any atom is -0.497 e. The molecule has 0 atom stereocenters. The van der Waals surface area contributed by atoms with Crippen molar-refractivity contribution in [2.75, 3.05) is 13.7 Å². The van der Waals surface area contributed by atoms with E-state index in [9.17, 15) is 9.59 Å². The molecule has 2 amide bonds. The van der Waals surface area contributed by atoms with Gasteiger partial charge in [0.25, 0.3) is 5.91 Å². The van der Waals surface area contributed by atoms with Crippen LogP contribution in [0, 0.1) is 0 Å². The van der Waals surface area contributed by atoms with Gasteiger partial charge in [0.15, 0.2) is 0 Å². The van der Waals surface area contributed by atoms with E-state index in [1.54, 1.807) is 19.2 Å². The van der Waals surface area contributed by atoms with Gasteiger partial charge < -0.3 is 19.5 Å². The summed E-state index contributed by atoms with van der Waals surface area (Å²) in [7, 11) is 1.60. The van der Waals surface area contributed by atoms with Gasteiger partial charge in [-0.1, -0.05) is 17.3 Å². The molecule has 154 valence electrons. The van der Waals surface area contributed by atoms with Crippen molar-refractivity contribution in [3.63, 3.8) is 0 Å². The summed E-state index contributed by atoms with van der Waals surface area (Å²) in [6.07, 6.45) is 1.53. The van der Waals surface area contributed by atoms with Crippen molar-refractivity contribution < 1.29 is 18.8 Å². The molecule has 0 saturated carbocycles. The Labute approximate surface area is 173 Å². The van der Waals surface area contributed by atoms with Gasteiger partial charge in [0.05, 0.1) is 13.7 Å². The molecule has 0 spiro atoms. The summed E-state index contributed by atoms with van der Waals surface area (Å²) in [5, 5.41) is 6.73. The first-order chi connectivity index (χ1) is 14.6. The van der Waals surface area contributed by atoms with Gasteiger partial charge in [-0.3, -0.25) is 9.59 Å². The van der Waals surface area contributed by atoms with Crippen LogP contribution >= 0.6 is 0 Å². The fourth-order valence-electron chi connectivity index (χ4n) is 3.30. The van der Waals surface area contributed by atoms with Crippen molar-refractivity contribution in [1.82, 2.24) is 20.4 Å². The molecular formula is C22H22N4O4. The lowest BCUT2D eigenvalue weighted by atomic mass is 10.1. The Morgan fingerprint density at radius 3 is 2.60 bits per heavy atom. The van der Waals surface area contributed by atoms with Crippen LogP contribution in [0.4, 0.5) is 0 Å². The number of aromatic nitrogens is 2. The molecule has 8 nitrogen and oxygen atoms in total. The van der Waals surface area contributed by atoms with Crippen molar-refractivity contribution in [2.24, 2.45) is 0 Å². The summed E-state index contributed by atoms with van der Waals surface area (Å²) in [5.41, 5.74) is 2.33. The number of hydrogen-bond donors (Lipinski definition) is 1. The number of hydrogen-bond acceptors (Lipinski definition) is 6. The second-order valence-corrected chi connectivity index (χ2v) is 7.04. The zero-order chi connectivity index (χ0) is 20.9. The number of likely N-dealkylation sites (tertiary alicyclic amines) is 1. The Bertz CT molecular complexity index is 1030. The number of amides is 2. The quantitative estimate of drug-likeness (QED) is 0.648. The highest BCUT2D eigenvalue weighted by molar-refractivity contribution is 5.94. The number of benzene rings is 2. The molecule has 2 heterocycles. The van der Waals surface area contributed by atoms with Crippen LogP contribution in [0.5, 0.6) is 5.75 Å². The van der Waals surface area contributed by atoms with Gasteiger partial charge in [-0.05, 0) is 48.4 Å². The van der Waals surface area contributed by atoms with E-state index >= 15 is 0 Å². The second-order valence-electron chi connectivity index (χ2n) is 7.04. The monoisotopic (exact) mass is 406 g/mol. The number of nitrogens with zero attached hydrogens (tertiary/aromatic N) is 3. The maximum Gasteiger partial charge on any atom is 0.251 e. The number of carbonyl (C=O) groups excluding carboxylic acids is 2. The van der Waals surface area contributed by atoms with Crippen molar-refractivity contribution in [3.8, 4) is 17.1 Å². The predicted octanol–water partition coefficient (Wildman–Crippen LogP) is 2.80. The summed E-state index contributed by atoms with van der Waals surface area (Å²) in [6.45, 7) is 1.51. The number of rotatable bonds is 7. The van der Waals surface area contributed by atoms with Crippen LogP contribution in [-0.4, -0.2) is 40.5 Å². The number of carbonyl (C=O) groups is 2. The van der Waals surface area contributed by atoms with Crippen molar-refractivity contribution >= 4 is 11.8 Å². The van der Waals surface area contributed by atoms with Gasteiger partial charge in [0.1, 0.15) is 5.75 Å². The van der Waals surface area contributed by atoms with Gasteiger partial charge in [0, 0.05) is 30.6 Å². The lowest BCUT2D eigenvalue weighted by molar-refractivity contribution is -0.128. The first-order valence-electron chi connectivity index (χ1n) is 9.74. The van der Waals surface area contributed by atoms with Crippen LogP contribution < -0.4 is 10.1 Å². The molecule has 4 rings (SSSR count). The molecule has 30 heavy (non-hydrogen) atoms. The minimum atomic E-state index is -0.233. The third kappa shape index (κ3) is 4.48. The summed E-state index contributed by atoms with van der Waals surface area (Å²) >= 11 is 0. The topological polar surface area (TPSA) is 97.6 Å². The van der Waals surface area contributed by atoms with Crippen LogP contribution in [0.25, 0.3) is 11.4 Å². The first-order valence-corrected chi connectivity index (χ1v) is 9.74. The molecule has 0 radical (unpaired) electrons. The maximum atomic E-state index is 12.4. The predicted molar refractivity (Wildman–Crippen MR) is 109 cm³/mol. The Hall–Kier alpha value is -3.68. The van der Waals surface area contributed by atoms with Crippen molar-refractivity contribution in [3.05, 3.63) is 65.5 Å². The molecule has 8 heteroatoms. The van der Waals surface area contributed by atoms with Crippen molar-refractivity contribution in [1.29, 1.82) is 0 Å². The van der Waals surface area contributed by atoms with E-state index in [1.807, 2.05) is 41.3 Å². The SMILES string of the molecule is COc1ccc(-c2noc(CNC(=O)c3ccc(CN4CCCC4=O)cc3)n2)cc1. The number of nitrogens with one attached hydrogen (secondary N) is 1. The average molecular weight is 406 g/mol. The Morgan fingerprint density at radius 1 is 1.17 bits per heavy atom. The summed E-state index contributed by atoms with van der Waals surface area (Å²) < 4.78 is 10.4. The zero-order valence-electron chi connectivity index (χ0n) is 16.6. The summed E-state index contributed by atoms with van der Waals surface area (Å²) in [4.78, 5) is 30.3. The maximum absolute atomic E-state index is 12.4. The second kappa shape index (κ2) is 8.77. The Balaban J connectivity index is 1.32. The van der Waals surface area contributed by atoms with Crippen molar-refractivity contribution in [2.45, 2.75) is 25.9 Å².